The highest BCUT2D eigenvalue weighted by atomic mass is 19.1. The molecule has 2 aromatic heterocycles. The number of aromatic amines is 1. The molecule has 0 bridgehead atoms. The molecule has 1 aliphatic rings. The zero-order valence-electron chi connectivity index (χ0n) is 16.2. The van der Waals surface area contributed by atoms with Gasteiger partial charge in [-0.15, -0.1) is 0 Å². The standard InChI is InChI=1S/C20H21F2N5O2/c1-12-3-6-15(18(22)23-12)27-9-7-26(8-10-27)11-13-4-5-14-17(16(13)21)25-19(28)20(24-14)29-2/h3-6H,7-11H2,1-2H3,(H,25,28). The number of pyridine rings is 1. The first kappa shape index (κ1) is 19.3. The van der Waals surface area contributed by atoms with E-state index < -0.39 is 17.3 Å². The largest absolute Gasteiger partial charge is 0.477 e. The molecular weight excluding hydrogens is 380 g/mol. The molecule has 0 aliphatic carbocycles. The van der Waals surface area contributed by atoms with Crippen LogP contribution in [0.2, 0.25) is 0 Å². The number of aryl methyl sites for hydroxylation is 1. The number of halogens is 2. The van der Waals surface area contributed by atoms with Gasteiger partial charge < -0.3 is 14.6 Å². The first-order chi connectivity index (χ1) is 14.0. The van der Waals surface area contributed by atoms with Gasteiger partial charge in [0.25, 0.3) is 5.88 Å². The lowest BCUT2D eigenvalue weighted by Gasteiger charge is -2.36. The van der Waals surface area contributed by atoms with Gasteiger partial charge >= 0.3 is 5.56 Å². The van der Waals surface area contributed by atoms with Crippen LogP contribution in [0.5, 0.6) is 5.88 Å². The molecule has 3 aromatic rings. The number of nitrogens with zero attached hydrogens (tertiary/aromatic N) is 4. The summed E-state index contributed by atoms with van der Waals surface area (Å²) in [6.07, 6.45) is 0. The minimum Gasteiger partial charge on any atom is -0.477 e. The van der Waals surface area contributed by atoms with E-state index in [2.05, 4.69) is 19.9 Å². The molecule has 0 atom stereocenters. The Balaban J connectivity index is 1.48. The Morgan fingerprint density at radius 2 is 1.86 bits per heavy atom. The van der Waals surface area contributed by atoms with Crippen molar-refractivity contribution in [1.29, 1.82) is 0 Å². The lowest BCUT2D eigenvalue weighted by Crippen LogP contribution is -2.46. The number of aromatic nitrogens is 3. The SMILES string of the molecule is COc1nc2ccc(CN3CCN(c4ccc(C)nc4F)CC3)c(F)c2[nH]c1=O. The van der Waals surface area contributed by atoms with Crippen molar-refractivity contribution >= 4 is 16.7 Å². The van der Waals surface area contributed by atoms with Crippen molar-refractivity contribution in [2.75, 3.05) is 38.2 Å². The van der Waals surface area contributed by atoms with Gasteiger partial charge in [0, 0.05) is 44.0 Å². The molecule has 4 rings (SSSR count). The van der Waals surface area contributed by atoms with Crippen molar-refractivity contribution < 1.29 is 13.5 Å². The van der Waals surface area contributed by atoms with E-state index in [1.165, 1.54) is 7.11 Å². The van der Waals surface area contributed by atoms with E-state index in [0.29, 0.717) is 55.2 Å². The number of methoxy groups -OCH3 is 1. The van der Waals surface area contributed by atoms with E-state index >= 15 is 0 Å². The molecule has 1 aromatic carbocycles. The van der Waals surface area contributed by atoms with Gasteiger partial charge in [-0.05, 0) is 25.1 Å². The van der Waals surface area contributed by atoms with Crippen LogP contribution < -0.4 is 15.2 Å². The molecule has 0 radical (unpaired) electrons. The van der Waals surface area contributed by atoms with Crippen LogP contribution in [0.25, 0.3) is 11.0 Å². The number of anilines is 1. The first-order valence-electron chi connectivity index (χ1n) is 9.32. The highest BCUT2D eigenvalue weighted by Gasteiger charge is 2.22. The number of ether oxygens (including phenoxy) is 1. The number of hydrogen-bond donors (Lipinski definition) is 1. The third-order valence-electron chi connectivity index (χ3n) is 5.12. The summed E-state index contributed by atoms with van der Waals surface area (Å²) in [7, 11) is 1.34. The molecule has 1 N–H and O–H groups in total. The molecule has 3 heterocycles. The Bertz CT molecular complexity index is 1110. The van der Waals surface area contributed by atoms with Gasteiger partial charge in [0.05, 0.1) is 18.3 Å². The Kier molecular flexibility index (Phi) is 5.14. The fourth-order valence-electron chi connectivity index (χ4n) is 3.55. The molecule has 0 spiro atoms. The highest BCUT2D eigenvalue weighted by molar-refractivity contribution is 5.76. The topological polar surface area (TPSA) is 74.3 Å². The Morgan fingerprint density at radius 3 is 2.55 bits per heavy atom. The normalized spacial score (nSPS) is 15.1. The summed E-state index contributed by atoms with van der Waals surface area (Å²) in [5.74, 6) is -1.06. The Hall–Kier alpha value is -3.07. The summed E-state index contributed by atoms with van der Waals surface area (Å²) >= 11 is 0. The van der Waals surface area contributed by atoms with Gasteiger partial charge in [0.1, 0.15) is 5.52 Å². The third kappa shape index (κ3) is 3.77. The van der Waals surface area contributed by atoms with Gasteiger partial charge in [0.15, 0.2) is 5.82 Å². The number of benzene rings is 1. The maximum absolute atomic E-state index is 14.9. The highest BCUT2D eigenvalue weighted by Crippen LogP contribution is 2.23. The van der Waals surface area contributed by atoms with Crippen molar-refractivity contribution in [2.45, 2.75) is 13.5 Å². The predicted molar refractivity (Wildman–Crippen MR) is 105 cm³/mol. The molecule has 9 heteroatoms. The third-order valence-corrected chi connectivity index (χ3v) is 5.12. The first-order valence-corrected chi connectivity index (χ1v) is 9.32. The number of rotatable bonds is 4. The van der Waals surface area contributed by atoms with Crippen LogP contribution >= 0.6 is 0 Å². The predicted octanol–water partition coefficient (Wildman–Crippen LogP) is 2.24. The number of piperazine rings is 1. The summed E-state index contributed by atoms with van der Waals surface area (Å²) in [4.78, 5) is 26.3. The molecular formula is C20H21F2N5O2. The van der Waals surface area contributed by atoms with E-state index in [-0.39, 0.29) is 11.4 Å². The van der Waals surface area contributed by atoms with Crippen LogP contribution in [0.15, 0.2) is 29.1 Å². The fourth-order valence-corrected chi connectivity index (χ4v) is 3.55. The molecule has 1 aliphatic heterocycles. The van der Waals surface area contributed by atoms with Crippen molar-refractivity contribution in [3.05, 3.63) is 57.6 Å². The summed E-state index contributed by atoms with van der Waals surface area (Å²) in [5, 5.41) is 0. The molecule has 29 heavy (non-hydrogen) atoms. The van der Waals surface area contributed by atoms with E-state index in [4.69, 9.17) is 4.74 Å². The van der Waals surface area contributed by atoms with Gasteiger partial charge in [0.2, 0.25) is 5.95 Å². The van der Waals surface area contributed by atoms with Crippen molar-refractivity contribution in [3.63, 3.8) is 0 Å². The van der Waals surface area contributed by atoms with E-state index in [1.54, 1.807) is 31.2 Å². The number of fused-ring (bicyclic) bond motifs is 1. The molecule has 0 amide bonds. The second kappa shape index (κ2) is 7.75. The monoisotopic (exact) mass is 401 g/mol. The Labute approximate surface area is 166 Å². The summed E-state index contributed by atoms with van der Waals surface area (Å²) < 4.78 is 33.9. The number of hydrogen-bond acceptors (Lipinski definition) is 6. The Morgan fingerprint density at radius 1 is 1.10 bits per heavy atom. The van der Waals surface area contributed by atoms with Crippen LogP contribution in [0.4, 0.5) is 14.5 Å². The van der Waals surface area contributed by atoms with Crippen molar-refractivity contribution in [3.8, 4) is 5.88 Å². The molecule has 7 nitrogen and oxygen atoms in total. The van der Waals surface area contributed by atoms with Gasteiger partial charge in [-0.1, -0.05) is 6.07 Å². The maximum atomic E-state index is 14.9. The van der Waals surface area contributed by atoms with E-state index in [9.17, 15) is 13.6 Å². The molecule has 0 unspecified atom stereocenters. The fraction of sp³-hybridized carbons (Fsp3) is 0.350. The minimum atomic E-state index is -0.571. The second-order valence-corrected chi connectivity index (χ2v) is 7.03. The number of nitrogens with one attached hydrogen (secondary N) is 1. The lowest BCUT2D eigenvalue weighted by atomic mass is 10.1. The van der Waals surface area contributed by atoms with Gasteiger partial charge in [-0.2, -0.15) is 4.39 Å². The average molecular weight is 401 g/mol. The quantitative estimate of drug-likeness (QED) is 0.676. The van der Waals surface area contributed by atoms with Crippen LogP contribution in [0.1, 0.15) is 11.3 Å². The van der Waals surface area contributed by atoms with Crippen LogP contribution in [0, 0.1) is 18.7 Å². The molecule has 0 saturated carbocycles. The van der Waals surface area contributed by atoms with E-state index in [0.717, 1.165) is 0 Å². The van der Waals surface area contributed by atoms with Crippen molar-refractivity contribution in [2.24, 2.45) is 0 Å². The van der Waals surface area contributed by atoms with Crippen LogP contribution in [-0.4, -0.2) is 53.1 Å². The minimum absolute atomic E-state index is 0.0692. The van der Waals surface area contributed by atoms with Crippen LogP contribution in [-0.2, 0) is 6.54 Å². The molecule has 152 valence electrons. The van der Waals surface area contributed by atoms with Gasteiger partial charge in [-0.3, -0.25) is 9.69 Å². The summed E-state index contributed by atoms with van der Waals surface area (Å²) in [6.45, 7) is 4.68. The van der Waals surface area contributed by atoms with Crippen LogP contribution in [0.3, 0.4) is 0 Å². The molecule has 1 saturated heterocycles. The smallest absolute Gasteiger partial charge is 0.311 e. The average Bonchev–Trinajstić information content (AvgIpc) is 2.71. The maximum Gasteiger partial charge on any atom is 0.311 e. The second-order valence-electron chi connectivity index (χ2n) is 7.03. The van der Waals surface area contributed by atoms with Crippen molar-refractivity contribution in [1.82, 2.24) is 19.9 Å². The summed E-state index contributed by atoms with van der Waals surface area (Å²) in [6, 6.07) is 6.86. The zero-order valence-corrected chi connectivity index (χ0v) is 16.2. The summed E-state index contributed by atoms with van der Waals surface area (Å²) in [5.41, 5.74) is 1.43. The van der Waals surface area contributed by atoms with E-state index in [1.807, 2.05) is 4.90 Å². The van der Waals surface area contributed by atoms with Gasteiger partial charge in [-0.25, -0.2) is 14.4 Å². The lowest BCUT2D eigenvalue weighted by molar-refractivity contribution is 0.246. The zero-order chi connectivity index (χ0) is 20.5. The molecule has 1 fully saturated rings. The number of H-pyrrole nitrogens is 1.